The Morgan fingerprint density at radius 1 is 0.562 bits per heavy atom. The van der Waals surface area contributed by atoms with Gasteiger partial charge in [-0.3, -0.25) is 0 Å². The van der Waals surface area contributed by atoms with Crippen LogP contribution < -0.4 is 32.9 Å². The number of hydrogen-bond donors (Lipinski definition) is 0. The summed E-state index contributed by atoms with van der Waals surface area (Å²) in [4.78, 5) is 0. The van der Waals surface area contributed by atoms with E-state index in [2.05, 4.69) is 91.0 Å². The average Bonchev–Trinajstić information content (AvgIpc) is 2.81. The van der Waals surface area contributed by atoms with Gasteiger partial charge in [0.05, 0.1) is 6.16 Å². The number of rotatable bonds is 6. The van der Waals surface area contributed by atoms with Crippen LogP contribution in [0.3, 0.4) is 0 Å². The molecule has 0 aromatic heterocycles. The number of hydrogen-bond acceptors (Lipinski definition) is 0. The molecule has 0 unspecified atom stereocenters. The summed E-state index contributed by atoms with van der Waals surface area (Å²) in [5.41, 5.74) is 0.623. The lowest BCUT2D eigenvalue weighted by atomic mass is 9.49. The van der Waals surface area contributed by atoms with Crippen molar-refractivity contribution in [1.82, 2.24) is 0 Å². The van der Waals surface area contributed by atoms with Gasteiger partial charge in [-0.2, -0.15) is 0 Å². The maximum atomic E-state index is 2.41. The maximum absolute atomic E-state index is 2.41. The van der Waals surface area contributed by atoms with Crippen molar-refractivity contribution in [3.8, 4) is 0 Å². The first kappa shape index (κ1) is 22.4. The van der Waals surface area contributed by atoms with E-state index < -0.39 is 7.26 Å². The fourth-order valence-corrected chi connectivity index (χ4v) is 12.4. The molecule has 4 aliphatic rings. The molecular formula is C30H34BrP. The Morgan fingerprint density at radius 2 is 0.906 bits per heavy atom. The molecule has 4 fully saturated rings. The van der Waals surface area contributed by atoms with Gasteiger partial charge in [0.15, 0.2) is 0 Å². The molecule has 4 aliphatic carbocycles. The molecule has 7 rings (SSSR count). The molecule has 0 radical (unpaired) electrons. The minimum atomic E-state index is -1.68. The Bertz CT molecular complexity index is 883. The third kappa shape index (κ3) is 3.91. The first-order valence-corrected chi connectivity index (χ1v) is 14.3. The predicted molar refractivity (Wildman–Crippen MR) is 135 cm³/mol. The molecule has 0 atom stereocenters. The van der Waals surface area contributed by atoms with Gasteiger partial charge < -0.3 is 17.0 Å². The van der Waals surface area contributed by atoms with Crippen LogP contribution in [0.5, 0.6) is 0 Å². The van der Waals surface area contributed by atoms with Crippen LogP contribution in [0.25, 0.3) is 0 Å². The second kappa shape index (κ2) is 9.08. The average molecular weight is 505 g/mol. The zero-order valence-electron chi connectivity index (χ0n) is 18.9. The third-order valence-electron chi connectivity index (χ3n) is 8.73. The Balaban J connectivity index is 0.00000216. The van der Waals surface area contributed by atoms with E-state index in [1.54, 1.807) is 15.9 Å². The van der Waals surface area contributed by atoms with Crippen LogP contribution in [0.2, 0.25) is 0 Å². The minimum absolute atomic E-state index is 0. The van der Waals surface area contributed by atoms with Crippen molar-refractivity contribution in [1.29, 1.82) is 0 Å². The van der Waals surface area contributed by atoms with Crippen LogP contribution in [0, 0.1) is 23.2 Å². The smallest absolute Gasteiger partial charge is 0.112 e. The van der Waals surface area contributed by atoms with Crippen molar-refractivity contribution in [3.63, 3.8) is 0 Å². The predicted octanol–water partition coefficient (Wildman–Crippen LogP) is 3.59. The summed E-state index contributed by atoms with van der Waals surface area (Å²) in [6.45, 7) is 0. The molecule has 4 saturated carbocycles. The Kier molecular flexibility index (Phi) is 6.34. The van der Waals surface area contributed by atoms with E-state index in [-0.39, 0.29) is 17.0 Å². The maximum Gasteiger partial charge on any atom is 0.112 e. The molecule has 0 saturated heterocycles. The zero-order valence-corrected chi connectivity index (χ0v) is 21.4. The quantitative estimate of drug-likeness (QED) is 0.450. The van der Waals surface area contributed by atoms with Crippen molar-refractivity contribution in [2.45, 2.75) is 44.9 Å². The van der Waals surface area contributed by atoms with Gasteiger partial charge in [-0.1, -0.05) is 54.6 Å². The van der Waals surface area contributed by atoms with E-state index >= 15 is 0 Å². The first-order valence-electron chi connectivity index (χ1n) is 12.3. The first-order chi connectivity index (χ1) is 15.3. The van der Waals surface area contributed by atoms with Gasteiger partial charge in [-0.05, 0) is 105 Å². The Hall–Kier alpha value is -1.43. The molecule has 3 aromatic carbocycles. The topological polar surface area (TPSA) is 0 Å². The zero-order chi connectivity index (χ0) is 20.7. The van der Waals surface area contributed by atoms with E-state index in [1.165, 1.54) is 51.1 Å². The third-order valence-corrected chi connectivity index (χ3v) is 13.2. The standard InChI is InChI=1S/C30H34P.BrH/c1-4-10-27(11-5-1)31(28-12-6-2-7-13-28,29-14-8-3-9-15-29)17-16-30-21-24-18-25(22-30)20-26(19-24)23-30;/h1-15,24-26H,16-23H2;1H/q+1;/p-1. The highest BCUT2D eigenvalue weighted by atomic mass is 79.9. The van der Waals surface area contributed by atoms with Gasteiger partial charge >= 0.3 is 0 Å². The molecule has 3 aromatic rings. The van der Waals surface area contributed by atoms with E-state index in [4.69, 9.17) is 0 Å². The highest BCUT2D eigenvalue weighted by Crippen LogP contribution is 2.64. The summed E-state index contributed by atoms with van der Waals surface area (Å²) in [7, 11) is -1.68. The lowest BCUT2D eigenvalue weighted by Gasteiger charge is -2.57. The summed E-state index contributed by atoms with van der Waals surface area (Å²) in [5.74, 6) is 3.09. The molecule has 32 heavy (non-hydrogen) atoms. The molecular weight excluding hydrogens is 471 g/mol. The van der Waals surface area contributed by atoms with Crippen LogP contribution in [-0.4, -0.2) is 6.16 Å². The summed E-state index contributed by atoms with van der Waals surface area (Å²) < 4.78 is 0. The highest BCUT2D eigenvalue weighted by Gasteiger charge is 2.53. The van der Waals surface area contributed by atoms with Crippen molar-refractivity contribution in [2.75, 3.05) is 6.16 Å². The molecule has 0 heterocycles. The molecule has 2 heteroatoms. The van der Waals surface area contributed by atoms with Gasteiger partial charge in [-0.15, -0.1) is 0 Å². The monoisotopic (exact) mass is 504 g/mol. The minimum Gasteiger partial charge on any atom is -1.00 e. The molecule has 166 valence electrons. The van der Waals surface area contributed by atoms with E-state index in [0.717, 1.165) is 17.8 Å². The number of halogens is 1. The van der Waals surface area contributed by atoms with E-state index in [1.807, 2.05) is 0 Å². The van der Waals surface area contributed by atoms with Gasteiger partial charge in [-0.25, -0.2) is 0 Å². The normalized spacial score (nSPS) is 28.3. The fraction of sp³-hybridized carbons (Fsp3) is 0.400. The van der Waals surface area contributed by atoms with Crippen molar-refractivity contribution >= 4 is 23.2 Å². The lowest BCUT2D eigenvalue weighted by molar-refractivity contribution is -0.0539. The van der Waals surface area contributed by atoms with Crippen molar-refractivity contribution in [2.24, 2.45) is 23.2 Å². The van der Waals surface area contributed by atoms with Crippen LogP contribution in [-0.2, 0) is 0 Å². The molecule has 0 amide bonds. The van der Waals surface area contributed by atoms with Crippen LogP contribution in [0.4, 0.5) is 0 Å². The fourth-order valence-electron chi connectivity index (χ4n) is 7.88. The van der Waals surface area contributed by atoms with Gasteiger partial charge in [0, 0.05) is 0 Å². The van der Waals surface area contributed by atoms with Crippen LogP contribution in [0.1, 0.15) is 44.9 Å². The van der Waals surface area contributed by atoms with Gasteiger partial charge in [0.25, 0.3) is 0 Å². The summed E-state index contributed by atoms with van der Waals surface area (Å²) in [5, 5.41) is 4.66. The summed E-state index contributed by atoms with van der Waals surface area (Å²) in [6.07, 6.45) is 11.9. The Morgan fingerprint density at radius 3 is 1.25 bits per heavy atom. The molecule has 0 aliphatic heterocycles. The summed E-state index contributed by atoms with van der Waals surface area (Å²) in [6, 6.07) is 34.5. The SMILES string of the molecule is [Br-].c1ccc([P+](CCC23CC4CC(CC(C4)C2)C3)(c2ccccc2)c2ccccc2)cc1. The second-order valence-corrected chi connectivity index (χ2v) is 14.3. The summed E-state index contributed by atoms with van der Waals surface area (Å²) >= 11 is 0. The van der Waals surface area contributed by atoms with Crippen LogP contribution >= 0.6 is 7.26 Å². The lowest BCUT2D eigenvalue weighted by Crippen LogP contribution is -3.00. The molecule has 0 spiro atoms. The largest absolute Gasteiger partial charge is 1.00 e. The van der Waals surface area contributed by atoms with E-state index in [0.29, 0.717) is 5.41 Å². The molecule has 0 nitrogen and oxygen atoms in total. The molecule has 4 bridgehead atoms. The Labute approximate surface area is 205 Å². The molecule has 0 N–H and O–H groups in total. The highest BCUT2D eigenvalue weighted by molar-refractivity contribution is 7.95. The second-order valence-electron chi connectivity index (χ2n) is 10.7. The number of benzene rings is 3. The van der Waals surface area contributed by atoms with Gasteiger partial charge in [0.2, 0.25) is 0 Å². The van der Waals surface area contributed by atoms with Gasteiger partial charge in [0.1, 0.15) is 23.2 Å². The van der Waals surface area contributed by atoms with Crippen LogP contribution in [0.15, 0.2) is 91.0 Å². The van der Waals surface area contributed by atoms with Crippen molar-refractivity contribution < 1.29 is 17.0 Å². The van der Waals surface area contributed by atoms with E-state index in [9.17, 15) is 0 Å². The van der Waals surface area contributed by atoms with Crippen molar-refractivity contribution in [3.05, 3.63) is 91.0 Å².